The van der Waals surface area contributed by atoms with Crippen LogP contribution in [0, 0.1) is 32.1 Å². The molecule has 1 aromatic heterocycles. The predicted octanol–water partition coefficient (Wildman–Crippen LogP) is 3.61. The molecule has 1 heterocycles. The van der Waals surface area contributed by atoms with E-state index in [0.717, 1.165) is 5.56 Å². The molecule has 0 aliphatic carbocycles. The Balaban J connectivity index is 2.64. The second kappa shape index (κ2) is 5.34. The van der Waals surface area contributed by atoms with Gasteiger partial charge < -0.3 is 4.90 Å². The van der Waals surface area contributed by atoms with Crippen molar-refractivity contribution in [2.45, 2.75) is 20.8 Å². The summed E-state index contributed by atoms with van der Waals surface area (Å²) in [5, 5.41) is 9.30. The summed E-state index contributed by atoms with van der Waals surface area (Å²) in [5.41, 5.74) is 6.46. The van der Waals surface area contributed by atoms with Crippen LogP contribution < -0.4 is 4.90 Å². The minimum atomic E-state index is 0.604. The van der Waals surface area contributed by atoms with Gasteiger partial charge in [-0.1, -0.05) is 17.7 Å². The second-order valence-electron chi connectivity index (χ2n) is 5.38. The molecule has 0 unspecified atom stereocenters. The molecule has 2 rings (SSSR count). The Hall–Kier alpha value is -2.34. The SMILES string of the molecule is Cc1cc(C)c(-c2cnc(N(C)C)c(C#N)c2)c(C)c1. The largest absolute Gasteiger partial charge is 0.362 e. The number of aromatic nitrogens is 1. The van der Waals surface area contributed by atoms with Crippen LogP contribution >= 0.6 is 0 Å². The zero-order chi connectivity index (χ0) is 14.9. The van der Waals surface area contributed by atoms with Crippen LogP contribution in [0.5, 0.6) is 0 Å². The Morgan fingerprint density at radius 3 is 2.15 bits per heavy atom. The number of anilines is 1. The van der Waals surface area contributed by atoms with Crippen molar-refractivity contribution in [1.82, 2.24) is 4.98 Å². The first kappa shape index (κ1) is 14.1. The molecule has 0 atom stereocenters. The van der Waals surface area contributed by atoms with Crippen LogP contribution in [-0.4, -0.2) is 19.1 Å². The molecule has 0 amide bonds. The summed E-state index contributed by atoms with van der Waals surface area (Å²) in [7, 11) is 3.79. The van der Waals surface area contributed by atoms with Gasteiger partial charge in [0.2, 0.25) is 0 Å². The Bertz CT molecular complexity index is 671. The Kier molecular flexibility index (Phi) is 3.76. The van der Waals surface area contributed by atoms with Gasteiger partial charge in [-0.2, -0.15) is 5.26 Å². The predicted molar refractivity (Wildman–Crippen MR) is 82.9 cm³/mol. The van der Waals surface area contributed by atoms with Gasteiger partial charge in [0.25, 0.3) is 0 Å². The summed E-state index contributed by atoms with van der Waals surface area (Å²) < 4.78 is 0. The van der Waals surface area contributed by atoms with E-state index < -0.39 is 0 Å². The van der Waals surface area contributed by atoms with Crippen molar-refractivity contribution in [2.75, 3.05) is 19.0 Å². The maximum atomic E-state index is 9.30. The molecule has 2 aromatic rings. The zero-order valence-electron chi connectivity index (χ0n) is 12.7. The first-order chi connectivity index (χ1) is 9.43. The summed E-state index contributed by atoms with van der Waals surface area (Å²) >= 11 is 0. The Morgan fingerprint density at radius 1 is 1.05 bits per heavy atom. The lowest BCUT2D eigenvalue weighted by Gasteiger charge is -2.16. The lowest BCUT2D eigenvalue weighted by Crippen LogP contribution is -2.12. The summed E-state index contributed by atoms with van der Waals surface area (Å²) in [6, 6.07) is 8.48. The molecular weight excluding hydrogens is 246 g/mol. The van der Waals surface area contributed by atoms with E-state index >= 15 is 0 Å². The highest BCUT2D eigenvalue weighted by Crippen LogP contribution is 2.30. The molecule has 0 N–H and O–H groups in total. The number of aryl methyl sites for hydroxylation is 3. The van der Waals surface area contributed by atoms with Crippen molar-refractivity contribution in [3.63, 3.8) is 0 Å². The molecule has 0 aliphatic heterocycles. The van der Waals surface area contributed by atoms with Crippen molar-refractivity contribution < 1.29 is 0 Å². The van der Waals surface area contributed by atoms with Crippen molar-refractivity contribution in [3.05, 3.63) is 46.6 Å². The van der Waals surface area contributed by atoms with Gasteiger partial charge in [0.15, 0.2) is 0 Å². The Morgan fingerprint density at radius 2 is 1.65 bits per heavy atom. The van der Waals surface area contributed by atoms with Gasteiger partial charge in [-0.05, 0) is 43.5 Å². The number of nitrogens with zero attached hydrogens (tertiary/aromatic N) is 3. The average Bonchev–Trinajstić information content (AvgIpc) is 2.37. The van der Waals surface area contributed by atoms with Crippen molar-refractivity contribution in [3.8, 4) is 17.2 Å². The number of nitriles is 1. The molecule has 20 heavy (non-hydrogen) atoms. The molecule has 0 fully saturated rings. The third-order valence-electron chi connectivity index (χ3n) is 3.38. The smallest absolute Gasteiger partial charge is 0.146 e. The normalized spacial score (nSPS) is 10.2. The monoisotopic (exact) mass is 265 g/mol. The molecule has 0 saturated carbocycles. The topological polar surface area (TPSA) is 39.9 Å². The summed E-state index contributed by atoms with van der Waals surface area (Å²) in [6.45, 7) is 6.29. The molecule has 0 spiro atoms. The van der Waals surface area contributed by atoms with E-state index in [2.05, 4.69) is 44.0 Å². The van der Waals surface area contributed by atoms with Gasteiger partial charge in [0.05, 0.1) is 5.56 Å². The maximum Gasteiger partial charge on any atom is 0.146 e. The van der Waals surface area contributed by atoms with Gasteiger partial charge in [0.1, 0.15) is 11.9 Å². The van der Waals surface area contributed by atoms with E-state index in [0.29, 0.717) is 11.4 Å². The van der Waals surface area contributed by atoms with Crippen LogP contribution in [0.3, 0.4) is 0 Å². The molecule has 0 aliphatic rings. The molecule has 0 bridgehead atoms. The summed E-state index contributed by atoms with van der Waals surface area (Å²) in [5.74, 6) is 0.707. The minimum absolute atomic E-state index is 0.604. The summed E-state index contributed by atoms with van der Waals surface area (Å²) in [6.07, 6.45) is 1.85. The van der Waals surface area contributed by atoms with Crippen LogP contribution in [0.15, 0.2) is 24.4 Å². The fraction of sp³-hybridized carbons (Fsp3) is 0.294. The van der Waals surface area contributed by atoms with E-state index in [1.807, 2.05) is 31.3 Å². The van der Waals surface area contributed by atoms with Crippen LogP contribution in [0.4, 0.5) is 5.82 Å². The molecule has 3 heteroatoms. The van der Waals surface area contributed by atoms with Crippen LogP contribution in [0.25, 0.3) is 11.1 Å². The van der Waals surface area contributed by atoms with Gasteiger partial charge in [-0.25, -0.2) is 4.98 Å². The lowest BCUT2D eigenvalue weighted by atomic mass is 9.94. The number of rotatable bonds is 2. The van der Waals surface area contributed by atoms with Gasteiger partial charge in [-0.15, -0.1) is 0 Å². The highest BCUT2D eigenvalue weighted by atomic mass is 15.1. The molecule has 1 aromatic carbocycles. The summed E-state index contributed by atoms with van der Waals surface area (Å²) in [4.78, 5) is 6.29. The van der Waals surface area contributed by atoms with Crippen LogP contribution in [-0.2, 0) is 0 Å². The van der Waals surface area contributed by atoms with E-state index in [1.54, 1.807) is 0 Å². The highest BCUT2D eigenvalue weighted by molar-refractivity contribution is 5.73. The maximum absolute atomic E-state index is 9.30. The van der Waals surface area contributed by atoms with E-state index in [4.69, 9.17) is 0 Å². The third kappa shape index (κ3) is 2.50. The van der Waals surface area contributed by atoms with E-state index in [-0.39, 0.29) is 0 Å². The molecule has 3 nitrogen and oxygen atoms in total. The molecular formula is C17H19N3. The van der Waals surface area contributed by atoms with E-state index in [1.165, 1.54) is 22.3 Å². The van der Waals surface area contributed by atoms with Gasteiger partial charge in [-0.3, -0.25) is 0 Å². The standard InChI is InChI=1S/C17H19N3/c1-11-6-12(2)16(13(3)7-11)15-8-14(9-18)17(19-10-15)20(4)5/h6-8,10H,1-5H3. The first-order valence-electron chi connectivity index (χ1n) is 6.59. The van der Waals surface area contributed by atoms with Crippen LogP contribution in [0.2, 0.25) is 0 Å². The first-order valence-corrected chi connectivity index (χ1v) is 6.59. The van der Waals surface area contributed by atoms with Gasteiger partial charge >= 0.3 is 0 Å². The van der Waals surface area contributed by atoms with Crippen molar-refractivity contribution >= 4 is 5.82 Å². The second-order valence-corrected chi connectivity index (χ2v) is 5.38. The number of hydrogen-bond acceptors (Lipinski definition) is 3. The number of pyridine rings is 1. The Labute approximate surface area is 120 Å². The average molecular weight is 265 g/mol. The molecule has 0 saturated heterocycles. The minimum Gasteiger partial charge on any atom is -0.362 e. The van der Waals surface area contributed by atoms with Gasteiger partial charge in [0, 0.05) is 25.9 Å². The highest BCUT2D eigenvalue weighted by Gasteiger charge is 2.11. The quantitative estimate of drug-likeness (QED) is 0.832. The van der Waals surface area contributed by atoms with Crippen molar-refractivity contribution in [2.24, 2.45) is 0 Å². The van der Waals surface area contributed by atoms with Crippen molar-refractivity contribution in [1.29, 1.82) is 5.26 Å². The fourth-order valence-corrected chi connectivity index (χ4v) is 2.67. The zero-order valence-corrected chi connectivity index (χ0v) is 12.7. The third-order valence-corrected chi connectivity index (χ3v) is 3.38. The number of hydrogen-bond donors (Lipinski definition) is 0. The fourth-order valence-electron chi connectivity index (χ4n) is 2.67. The lowest BCUT2D eigenvalue weighted by molar-refractivity contribution is 1.06. The molecule has 0 radical (unpaired) electrons. The van der Waals surface area contributed by atoms with E-state index in [9.17, 15) is 5.26 Å². The number of benzene rings is 1. The molecule has 102 valence electrons. The van der Waals surface area contributed by atoms with Crippen LogP contribution in [0.1, 0.15) is 22.3 Å².